The number of phenolic OH excluding ortho intramolecular Hbond substituents is 1. The molecule has 0 aliphatic carbocycles. The fraction of sp³-hybridized carbons (Fsp3) is 0.250. The van der Waals surface area contributed by atoms with Gasteiger partial charge in [-0.3, -0.25) is 0 Å². The first kappa shape index (κ1) is 13.0. The smallest absolute Gasteiger partial charge is 0.143 e. The molecule has 0 saturated heterocycles. The van der Waals surface area contributed by atoms with Gasteiger partial charge in [0.2, 0.25) is 0 Å². The number of aliphatic hydroxyl groups is 1. The zero-order valence-corrected chi connectivity index (χ0v) is 10.8. The number of anilines is 1. The molecule has 0 saturated carbocycles. The van der Waals surface area contributed by atoms with E-state index < -0.39 is 5.60 Å². The molecule has 4 nitrogen and oxygen atoms in total. The highest BCUT2D eigenvalue weighted by Gasteiger charge is 2.24. The summed E-state index contributed by atoms with van der Waals surface area (Å²) in [4.78, 5) is 4.24. The number of rotatable bonds is 1. The van der Waals surface area contributed by atoms with Crippen LogP contribution < -0.4 is 11.2 Å². The highest BCUT2D eigenvalue weighted by molar-refractivity contribution is 6.44. The van der Waals surface area contributed by atoms with E-state index >= 15 is 0 Å². The van der Waals surface area contributed by atoms with Gasteiger partial charge in [0.15, 0.2) is 0 Å². The number of aromatic nitrogens is 1. The first-order valence-electron chi connectivity index (χ1n) is 5.32. The lowest BCUT2D eigenvalue weighted by atomic mass is 9.86. The topological polar surface area (TPSA) is 79.4 Å². The molecule has 0 amide bonds. The van der Waals surface area contributed by atoms with Crippen molar-refractivity contribution in [2.75, 3.05) is 5.73 Å². The van der Waals surface area contributed by atoms with Crippen molar-refractivity contribution >= 4 is 41.5 Å². The van der Waals surface area contributed by atoms with Crippen LogP contribution in [0.4, 0.5) is 5.69 Å². The van der Waals surface area contributed by atoms with Crippen LogP contribution in [-0.2, 0) is 5.60 Å². The van der Waals surface area contributed by atoms with Crippen LogP contribution in [0.1, 0.15) is 19.5 Å². The minimum Gasteiger partial charge on any atom is -0.506 e. The average molecular weight is 263 g/mol. The van der Waals surface area contributed by atoms with Crippen molar-refractivity contribution in [3.05, 3.63) is 22.8 Å². The Balaban J connectivity index is 2.92. The van der Waals surface area contributed by atoms with Crippen LogP contribution in [0, 0.1) is 0 Å². The molecule has 1 heterocycles. The van der Waals surface area contributed by atoms with Crippen molar-refractivity contribution in [2.24, 2.45) is 0 Å². The highest BCUT2D eigenvalue weighted by Crippen LogP contribution is 2.33. The van der Waals surface area contributed by atoms with Crippen molar-refractivity contribution in [1.29, 1.82) is 0 Å². The lowest BCUT2D eigenvalue weighted by Crippen LogP contribution is -2.25. The van der Waals surface area contributed by atoms with Gasteiger partial charge in [-0.15, -0.1) is 0 Å². The minimum atomic E-state index is -1.22. The molecule has 2 aromatic rings. The Labute approximate surface area is 111 Å². The standard InChI is InChI=1S/C12H12BClN2O2/c1-12(2,18)11-9(15)8(13)7-6(16-11)4-3-5(14)10(7)17/h3-4,17-18H,15H2,1-2H3. The highest BCUT2D eigenvalue weighted by atomic mass is 35.5. The van der Waals surface area contributed by atoms with Crippen molar-refractivity contribution < 1.29 is 10.2 Å². The second-order valence-electron chi connectivity index (χ2n) is 4.64. The number of phenols is 1. The summed E-state index contributed by atoms with van der Waals surface area (Å²) in [6, 6.07) is 3.12. The summed E-state index contributed by atoms with van der Waals surface area (Å²) in [5.41, 5.74) is 5.65. The van der Waals surface area contributed by atoms with Crippen LogP contribution >= 0.6 is 11.6 Å². The zero-order valence-electron chi connectivity index (χ0n) is 10.0. The molecule has 0 aliphatic heterocycles. The summed E-state index contributed by atoms with van der Waals surface area (Å²) in [7, 11) is 5.89. The molecular formula is C12H12BClN2O2. The number of nitrogens with zero attached hydrogens (tertiary/aromatic N) is 1. The SMILES string of the molecule is [B]c1c(N)c(C(C)(C)O)nc2ccc(Cl)c(O)c12. The third-order valence-corrected chi connectivity index (χ3v) is 3.04. The molecule has 1 aromatic heterocycles. The lowest BCUT2D eigenvalue weighted by Gasteiger charge is -2.21. The van der Waals surface area contributed by atoms with Crippen LogP contribution in [-0.4, -0.2) is 23.0 Å². The summed E-state index contributed by atoms with van der Waals surface area (Å²) in [6.45, 7) is 3.12. The maximum atomic E-state index is 9.99. The van der Waals surface area contributed by atoms with Gasteiger partial charge in [-0.2, -0.15) is 0 Å². The van der Waals surface area contributed by atoms with E-state index in [2.05, 4.69) is 4.98 Å². The molecular weight excluding hydrogens is 250 g/mol. The Morgan fingerprint density at radius 2 is 2.00 bits per heavy atom. The molecule has 2 rings (SSSR count). The molecule has 0 unspecified atom stereocenters. The second-order valence-corrected chi connectivity index (χ2v) is 5.04. The van der Waals surface area contributed by atoms with Crippen LogP contribution in [0.25, 0.3) is 10.9 Å². The number of nitrogen functional groups attached to an aromatic ring is 1. The number of benzene rings is 1. The Bertz CT molecular complexity index is 638. The van der Waals surface area contributed by atoms with Gasteiger partial charge < -0.3 is 15.9 Å². The number of halogens is 1. The largest absolute Gasteiger partial charge is 0.506 e. The summed E-state index contributed by atoms with van der Waals surface area (Å²) in [5, 5.41) is 20.3. The first-order chi connectivity index (χ1) is 8.23. The van der Waals surface area contributed by atoms with E-state index in [9.17, 15) is 10.2 Å². The molecule has 0 spiro atoms. The van der Waals surface area contributed by atoms with Gasteiger partial charge in [-0.25, -0.2) is 4.98 Å². The second kappa shape index (κ2) is 4.04. The van der Waals surface area contributed by atoms with Crippen molar-refractivity contribution in [2.45, 2.75) is 19.4 Å². The van der Waals surface area contributed by atoms with Gasteiger partial charge in [-0.05, 0) is 26.0 Å². The third-order valence-electron chi connectivity index (χ3n) is 2.73. The molecule has 0 bridgehead atoms. The fourth-order valence-corrected chi connectivity index (χ4v) is 1.98. The van der Waals surface area contributed by atoms with E-state index in [4.69, 9.17) is 25.2 Å². The van der Waals surface area contributed by atoms with Gasteiger partial charge in [-0.1, -0.05) is 17.1 Å². The van der Waals surface area contributed by atoms with Gasteiger partial charge >= 0.3 is 0 Å². The summed E-state index contributed by atoms with van der Waals surface area (Å²) < 4.78 is 0. The Morgan fingerprint density at radius 1 is 1.39 bits per heavy atom. The van der Waals surface area contributed by atoms with E-state index in [1.54, 1.807) is 19.9 Å². The Kier molecular flexibility index (Phi) is 2.91. The van der Waals surface area contributed by atoms with Crippen molar-refractivity contribution in [3.8, 4) is 5.75 Å². The van der Waals surface area contributed by atoms with E-state index in [1.165, 1.54) is 6.07 Å². The molecule has 0 fully saturated rings. The van der Waals surface area contributed by atoms with E-state index in [-0.39, 0.29) is 27.6 Å². The minimum absolute atomic E-state index is 0.146. The monoisotopic (exact) mass is 262 g/mol. The summed E-state index contributed by atoms with van der Waals surface area (Å²) in [6.07, 6.45) is 0. The van der Waals surface area contributed by atoms with Crippen LogP contribution in [0.5, 0.6) is 5.75 Å². The molecule has 0 aliphatic rings. The Morgan fingerprint density at radius 3 is 2.56 bits per heavy atom. The maximum absolute atomic E-state index is 9.99. The molecule has 6 heteroatoms. The van der Waals surface area contributed by atoms with E-state index in [0.29, 0.717) is 10.9 Å². The molecule has 92 valence electrons. The van der Waals surface area contributed by atoms with E-state index in [0.717, 1.165) is 0 Å². The average Bonchev–Trinajstić information content (AvgIpc) is 2.26. The normalized spacial score (nSPS) is 12.0. The number of fused-ring (bicyclic) bond motifs is 1. The summed E-state index contributed by atoms with van der Waals surface area (Å²) >= 11 is 5.82. The number of hydrogen-bond donors (Lipinski definition) is 3. The van der Waals surface area contributed by atoms with Gasteiger partial charge in [0.25, 0.3) is 0 Å². The van der Waals surface area contributed by atoms with Crippen LogP contribution in [0.15, 0.2) is 12.1 Å². The van der Waals surface area contributed by atoms with E-state index in [1.807, 2.05) is 0 Å². The molecule has 4 N–H and O–H groups in total. The lowest BCUT2D eigenvalue weighted by molar-refractivity contribution is 0.0751. The summed E-state index contributed by atoms with van der Waals surface area (Å²) in [5.74, 6) is -0.159. The number of hydrogen-bond acceptors (Lipinski definition) is 4. The van der Waals surface area contributed by atoms with Gasteiger partial charge in [0, 0.05) is 11.1 Å². The number of pyridine rings is 1. The predicted octanol–water partition coefficient (Wildman–Crippen LogP) is 1.20. The number of aromatic hydroxyl groups is 1. The van der Waals surface area contributed by atoms with Crippen molar-refractivity contribution in [1.82, 2.24) is 4.98 Å². The van der Waals surface area contributed by atoms with Crippen LogP contribution in [0.3, 0.4) is 0 Å². The first-order valence-corrected chi connectivity index (χ1v) is 5.70. The van der Waals surface area contributed by atoms with Crippen LogP contribution in [0.2, 0.25) is 5.02 Å². The van der Waals surface area contributed by atoms with Gasteiger partial charge in [0.1, 0.15) is 19.2 Å². The molecule has 1 aromatic carbocycles. The maximum Gasteiger partial charge on any atom is 0.143 e. The molecule has 2 radical (unpaired) electrons. The van der Waals surface area contributed by atoms with Gasteiger partial charge in [0.05, 0.1) is 16.2 Å². The molecule has 0 atom stereocenters. The Hall–Kier alpha value is -1.46. The van der Waals surface area contributed by atoms with Crippen molar-refractivity contribution in [3.63, 3.8) is 0 Å². The quantitative estimate of drug-likeness (QED) is 0.675. The third kappa shape index (κ3) is 1.89. The predicted molar refractivity (Wildman–Crippen MR) is 73.5 cm³/mol. The molecule has 18 heavy (non-hydrogen) atoms. The zero-order chi connectivity index (χ0) is 13.7. The number of nitrogens with two attached hydrogens (primary N) is 1. The fourth-order valence-electron chi connectivity index (χ4n) is 1.82.